The average molecular weight is 417 g/mol. The lowest BCUT2D eigenvalue weighted by molar-refractivity contribution is -0.137. The van der Waals surface area contributed by atoms with E-state index in [1.54, 1.807) is 44.2 Å². The number of aromatic nitrogens is 2. The maximum atomic E-state index is 13.0. The number of para-hydroxylation sites is 1. The molecule has 0 spiro atoms. The normalized spacial score (nSPS) is 12.2. The second-order valence-electron chi connectivity index (χ2n) is 7.75. The molecule has 2 aromatic carbocycles. The van der Waals surface area contributed by atoms with Gasteiger partial charge in [0.1, 0.15) is 0 Å². The number of halogens is 3. The fourth-order valence-corrected chi connectivity index (χ4v) is 3.11. The summed E-state index contributed by atoms with van der Waals surface area (Å²) in [7, 11) is 0. The summed E-state index contributed by atoms with van der Waals surface area (Å²) in [5, 5.41) is 3.23. The molecule has 1 amide bonds. The monoisotopic (exact) mass is 417 g/mol. The summed E-state index contributed by atoms with van der Waals surface area (Å²) in [6, 6.07) is 12.1. The second-order valence-corrected chi connectivity index (χ2v) is 7.75. The summed E-state index contributed by atoms with van der Waals surface area (Å²) in [6.45, 7) is 3.85. The molecular weight excluding hydrogens is 395 g/mol. The molecule has 158 valence electrons. The molecule has 1 aromatic heterocycles. The smallest absolute Gasteiger partial charge is 0.355 e. The zero-order valence-electron chi connectivity index (χ0n) is 16.7. The minimum Gasteiger partial charge on any atom is -0.355 e. The van der Waals surface area contributed by atoms with Gasteiger partial charge in [0.2, 0.25) is 5.91 Å². The third-order valence-electron chi connectivity index (χ3n) is 5.01. The molecule has 0 bridgehead atoms. The van der Waals surface area contributed by atoms with Crippen molar-refractivity contribution < 1.29 is 18.0 Å². The Balaban J connectivity index is 1.62. The zero-order chi connectivity index (χ0) is 21.9. The van der Waals surface area contributed by atoms with Crippen LogP contribution in [0.1, 0.15) is 31.4 Å². The van der Waals surface area contributed by atoms with E-state index >= 15 is 0 Å². The molecule has 0 aliphatic rings. The van der Waals surface area contributed by atoms with Gasteiger partial charge in [-0.05, 0) is 23.8 Å². The molecule has 0 radical (unpaired) electrons. The molecule has 5 nitrogen and oxygen atoms in total. The summed E-state index contributed by atoms with van der Waals surface area (Å²) in [5.74, 6) is -0.296. The van der Waals surface area contributed by atoms with Gasteiger partial charge in [-0.2, -0.15) is 13.2 Å². The number of hydrogen-bond acceptors (Lipinski definition) is 3. The van der Waals surface area contributed by atoms with E-state index in [0.29, 0.717) is 16.5 Å². The van der Waals surface area contributed by atoms with Gasteiger partial charge in [0.25, 0.3) is 5.56 Å². The van der Waals surface area contributed by atoms with E-state index in [1.807, 2.05) is 0 Å². The zero-order valence-corrected chi connectivity index (χ0v) is 16.7. The molecule has 0 unspecified atom stereocenters. The van der Waals surface area contributed by atoms with Crippen molar-refractivity contribution in [1.29, 1.82) is 0 Å². The summed E-state index contributed by atoms with van der Waals surface area (Å²) >= 11 is 0. The fourth-order valence-electron chi connectivity index (χ4n) is 3.11. The second kappa shape index (κ2) is 8.30. The number of amides is 1. The standard InChI is InChI=1S/C22H22F3N3O2/c1-21(2,15-6-5-7-16(12-15)22(23,24)25)13-26-19(29)10-11-28-14-27-18-9-4-3-8-17(18)20(28)30/h3-9,12,14H,10-11,13H2,1-2H3,(H,26,29). The van der Waals surface area contributed by atoms with Gasteiger partial charge in [-0.15, -0.1) is 0 Å². The molecule has 30 heavy (non-hydrogen) atoms. The summed E-state index contributed by atoms with van der Waals surface area (Å²) in [4.78, 5) is 28.9. The third kappa shape index (κ3) is 4.87. The number of alkyl halides is 3. The van der Waals surface area contributed by atoms with Crippen LogP contribution in [0.25, 0.3) is 10.9 Å². The van der Waals surface area contributed by atoms with Crippen LogP contribution in [0, 0.1) is 0 Å². The fraction of sp³-hybridized carbons (Fsp3) is 0.318. The lowest BCUT2D eigenvalue weighted by atomic mass is 9.83. The summed E-state index contributed by atoms with van der Waals surface area (Å²) in [6.07, 6.45) is -2.96. The molecule has 8 heteroatoms. The van der Waals surface area contributed by atoms with Crippen LogP contribution in [0.2, 0.25) is 0 Å². The van der Waals surface area contributed by atoms with Crippen LogP contribution in [0.3, 0.4) is 0 Å². The van der Waals surface area contributed by atoms with Gasteiger partial charge < -0.3 is 5.32 Å². The number of hydrogen-bond donors (Lipinski definition) is 1. The van der Waals surface area contributed by atoms with E-state index < -0.39 is 17.2 Å². The molecule has 0 saturated heterocycles. The number of nitrogens with one attached hydrogen (secondary N) is 1. The molecule has 0 fully saturated rings. The van der Waals surface area contributed by atoms with Crippen molar-refractivity contribution in [3.05, 3.63) is 76.3 Å². The van der Waals surface area contributed by atoms with E-state index in [1.165, 1.54) is 17.0 Å². The van der Waals surface area contributed by atoms with Crippen molar-refractivity contribution in [2.45, 2.75) is 38.4 Å². The number of aryl methyl sites for hydroxylation is 1. The van der Waals surface area contributed by atoms with E-state index in [9.17, 15) is 22.8 Å². The van der Waals surface area contributed by atoms with Crippen LogP contribution in [-0.4, -0.2) is 22.0 Å². The SMILES string of the molecule is CC(C)(CNC(=O)CCn1cnc2ccccc2c1=O)c1cccc(C(F)(F)F)c1. The van der Waals surface area contributed by atoms with Gasteiger partial charge >= 0.3 is 6.18 Å². The van der Waals surface area contributed by atoms with Gasteiger partial charge in [-0.3, -0.25) is 14.2 Å². The van der Waals surface area contributed by atoms with E-state index in [4.69, 9.17) is 0 Å². The largest absolute Gasteiger partial charge is 0.416 e. The van der Waals surface area contributed by atoms with Crippen molar-refractivity contribution in [3.8, 4) is 0 Å². The van der Waals surface area contributed by atoms with Gasteiger partial charge in [0.15, 0.2) is 0 Å². The highest BCUT2D eigenvalue weighted by molar-refractivity contribution is 5.77. The number of nitrogens with zero attached hydrogens (tertiary/aromatic N) is 2. The first kappa shape index (κ1) is 21.5. The lowest BCUT2D eigenvalue weighted by Gasteiger charge is -2.26. The van der Waals surface area contributed by atoms with E-state index in [2.05, 4.69) is 10.3 Å². The molecule has 3 rings (SSSR count). The first-order valence-electron chi connectivity index (χ1n) is 9.46. The Kier molecular flexibility index (Phi) is 5.96. The van der Waals surface area contributed by atoms with E-state index in [0.717, 1.165) is 12.1 Å². The van der Waals surface area contributed by atoms with Crippen LogP contribution in [0.5, 0.6) is 0 Å². The highest BCUT2D eigenvalue weighted by Gasteiger charge is 2.32. The van der Waals surface area contributed by atoms with Crippen molar-refractivity contribution in [2.24, 2.45) is 0 Å². The molecule has 0 aliphatic heterocycles. The number of rotatable bonds is 6. The Hall–Kier alpha value is -3.16. The third-order valence-corrected chi connectivity index (χ3v) is 5.01. The number of fused-ring (bicyclic) bond motifs is 1. The van der Waals surface area contributed by atoms with Crippen molar-refractivity contribution in [1.82, 2.24) is 14.9 Å². The highest BCUT2D eigenvalue weighted by atomic mass is 19.4. The lowest BCUT2D eigenvalue weighted by Crippen LogP contribution is -2.37. The van der Waals surface area contributed by atoms with Crippen molar-refractivity contribution >= 4 is 16.8 Å². The molecule has 0 saturated carbocycles. The minimum atomic E-state index is -4.42. The molecule has 0 aliphatic carbocycles. The maximum absolute atomic E-state index is 13.0. The minimum absolute atomic E-state index is 0.0542. The molecule has 0 atom stereocenters. The predicted molar refractivity (Wildman–Crippen MR) is 108 cm³/mol. The molecule has 1 heterocycles. The maximum Gasteiger partial charge on any atom is 0.416 e. The van der Waals surface area contributed by atoms with Crippen LogP contribution in [0.4, 0.5) is 13.2 Å². The van der Waals surface area contributed by atoms with Crippen LogP contribution < -0.4 is 10.9 Å². The number of carbonyl (C=O) groups excluding carboxylic acids is 1. The Morgan fingerprint density at radius 2 is 1.77 bits per heavy atom. The van der Waals surface area contributed by atoms with Crippen LogP contribution in [-0.2, 0) is 22.9 Å². The van der Waals surface area contributed by atoms with Gasteiger partial charge in [-0.1, -0.05) is 44.2 Å². The molecule has 1 N–H and O–H groups in total. The number of carbonyl (C=O) groups is 1. The van der Waals surface area contributed by atoms with Gasteiger partial charge in [0, 0.05) is 24.9 Å². The Morgan fingerprint density at radius 1 is 1.07 bits per heavy atom. The van der Waals surface area contributed by atoms with Crippen molar-refractivity contribution in [2.75, 3.05) is 6.54 Å². The summed E-state index contributed by atoms with van der Waals surface area (Å²) < 4.78 is 40.3. The van der Waals surface area contributed by atoms with E-state index in [-0.39, 0.29) is 31.0 Å². The molecule has 3 aromatic rings. The van der Waals surface area contributed by atoms with Gasteiger partial charge in [0.05, 0.1) is 22.8 Å². The van der Waals surface area contributed by atoms with Crippen molar-refractivity contribution in [3.63, 3.8) is 0 Å². The topological polar surface area (TPSA) is 64.0 Å². The average Bonchev–Trinajstić information content (AvgIpc) is 2.71. The van der Waals surface area contributed by atoms with Gasteiger partial charge in [-0.25, -0.2) is 4.98 Å². The van der Waals surface area contributed by atoms with Crippen LogP contribution in [0.15, 0.2) is 59.7 Å². The highest BCUT2D eigenvalue weighted by Crippen LogP contribution is 2.32. The Morgan fingerprint density at radius 3 is 2.50 bits per heavy atom. The summed E-state index contributed by atoms with van der Waals surface area (Å²) in [5.41, 5.74) is -0.572. The first-order valence-corrected chi connectivity index (χ1v) is 9.46. The first-order chi connectivity index (χ1) is 14.1. The molecular formula is C22H22F3N3O2. The quantitative estimate of drug-likeness (QED) is 0.662. The van der Waals surface area contributed by atoms with Crippen LogP contribution >= 0.6 is 0 Å². The Labute approximate surface area is 171 Å². The Bertz CT molecular complexity index is 1120. The predicted octanol–water partition coefficient (Wildman–Crippen LogP) is 3.90. The number of benzene rings is 2.